The molecule has 1 unspecified atom stereocenters. The van der Waals surface area contributed by atoms with Crippen molar-refractivity contribution in [3.8, 4) is 0 Å². The summed E-state index contributed by atoms with van der Waals surface area (Å²) in [5, 5.41) is 6.32. The minimum atomic E-state index is -0.0123. The molecule has 1 aromatic heterocycles. The molecule has 0 aromatic carbocycles. The molecule has 2 rings (SSSR count). The first-order valence-electron chi connectivity index (χ1n) is 8.14. The molecule has 1 fully saturated rings. The molecular weight excluding hydrogens is 296 g/mol. The Bertz CT molecular complexity index is 519. The second-order valence-corrected chi connectivity index (χ2v) is 7.56. The summed E-state index contributed by atoms with van der Waals surface area (Å²) in [6.07, 6.45) is 4.09. The van der Waals surface area contributed by atoms with Gasteiger partial charge < -0.3 is 10.6 Å². The van der Waals surface area contributed by atoms with Crippen molar-refractivity contribution in [3.63, 3.8) is 0 Å². The zero-order chi connectivity index (χ0) is 15.9. The molecule has 0 saturated carbocycles. The van der Waals surface area contributed by atoms with Gasteiger partial charge in [0.2, 0.25) is 5.91 Å². The number of carbonyl (C=O) groups excluding carboxylic acids is 2. The Labute approximate surface area is 136 Å². The Kier molecular flexibility index (Phi) is 6.58. The fourth-order valence-corrected chi connectivity index (χ4v) is 3.89. The fraction of sp³-hybridized carbons (Fsp3) is 0.647. The van der Waals surface area contributed by atoms with Gasteiger partial charge in [0.05, 0.1) is 0 Å². The zero-order valence-electron chi connectivity index (χ0n) is 13.5. The number of thiophene rings is 1. The largest absolute Gasteiger partial charge is 0.356 e. The van der Waals surface area contributed by atoms with Crippen LogP contribution in [0.3, 0.4) is 0 Å². The van der Waals surface area contributed by atoms with Gasteiger partial charge in [-0.25, -0.2) is 0 Å². The number of aryl methyl sites for hydroxylation is 2. The van der Waals surface area contributed by atoms with Gasteiger partial charge in [-0.05, 0) is 58.2 Å². The molecule has 0 radical (unpaired) electrons. The molecule has 1 aromatic rings. The number of nitrogens with one attached hydrogen (secondary N) is 2. The molecule has 4 nitrogen and oxygen atoms in total. The minimum absolute atomic E-state index is 0.0123. The Morgan fingerprint density at radius 1 is 1.36 bits per heavy atom. The predicted molar refractivity (Wildman–Crippen MR) is 90.6 cm³/mol. The van der Waals surface area contributed by atoms with Crippen LogP contribution in [0.25, 0.3) is 0 Å². The summed E-state index contributed by atoms with van der Waals surface area (Å²) < 4.78 is 0. The van der Waals surface area contributed by atoms with E-state index in [1.807, 2.05) is 19.9 Å². The maximum absolute atomic E-state index is 12.1. The lowest BCUT2D eigenvalue weighted by molar-refractivity contribution is -0.121. The number of hydrogen-bond donors (Lipinski definition) is 2. The molecule has 1 amide bonds. The van der Waals surface area contributed by atoms with Crippen LogP contribution in [0.4, 0.5) is 0 Å². The third kappa shape index (κ3) is 5.21. The number of ketones is 1. The summed E-state index contributed by atoms with van der Waals surface area (Å²) in [6, 6.07) is 1.93. The summed E-state index contributed by atoms with van der Waals surface area (Å²) >= 11 is 1.63. The second-order valence-electron chi connectivity index (χ2n) is 6.10. The molecule has 1 aliphatic heterocycles. The van der Waals surface area contributed by atoms with Crippen molar-refractivity contribution in [2.24, 2.45) is 5.92 Å². The van der Waals surface area contributed by atoms with Gasteiger partial charge >= 0.3 is 0 Å². The second kappa shape index (κ2) is 8.44. The average molecular weight is 322 g/mol. The number of rotatable bonds is 7. The lowest BCUT2D eigenvalue weighted by Crippen LogP contribution is -2.33. The first-order chi connectivity index (χ1) is 10.6. The summed E-state index contributed by atoms with van der Waals surface area (Å²) in [5.74, 6) is 0.738. The molecule has 2 N–H and O–H groups in total. The zero-order valence-corrected chi connectivity index (χ0v) is 14.4. The number of hydrogen-bond acceptors (Lipinski definition) is 4. The summed E-state index contributed by atoms with van der Waals surface area (Å²) in [6.45, 7) is 6.86. The third-order valence-corrected chi connectivity index (χ3v) is 5.16. The quantitative estimate of drug-likeness (QED) is 0.759. The maximum atomic E-state index is 12.1. The van der Waals surface area contributed by atoms with E-state index >= 15 is 0 Å². The summed E-state index contributed by atoms with van der Waals surface area (Å²) in [7, 11) is 0. The van der Waals surface area contributed by atoms with Crippen LogP contribution in [0.1, 0.15) is 52.2 Å². The van der Waals surface area contributed by atoms with E-state index in [4.69, 9.17) is 0 Å². The van der Waals surface area contributed by atoms with E-state index in [9.17, 15) is 9.59 Å². The highest BCUT2D eigenvalue weighted by Crippen LogP contribution is 2.22. The van der Waals surface area contributed by atoms with Gasteiger partial charge in [-0.2, -0.15) is 0 Å². The Hall–Kier alpha value is -1.20. The van der Waals surface area contributed by atoms with E-state index in [-0.39, 0.29) is 18.1 Å². The minimum Gasteiger partial charge on any atom is -0.356 e. The molecule has 22 heavy (non-hydrogen) atoms. The fourth-order valence-electron chi connectivity index (χ4n) is 2.94. The average Bonchev–Trinajstić information content (AvgIpc) is 2.84. The lowest BCUT2D eigenvalue weighted by atomic mass is 9.96. The van der Waals surface area contributed by atoms with E-state index in [0.717, 1.165) is 41.4 Å². The highest BCUT2D eigenvalue weighted by molar-refractivity contribution is 7.12. The normalized spacial score (nSPS) is 18.2. The SMILES string of the molecule is Cc1cc(C(=O)CCC(=O)NCCC2CCCNC2)c(C)s1. The van der Waals surface area contributed by atoms with Crippen molar-refractivity contribution in [1.29, 1.82) is 0 Å². The van der Waals surface area contributed by atoms with E-state index in [2.05, 4.69) is 10.6 Å². The van der Waals surface area contributed by atoms with E-state index in [1.165, 1.54) is 12.8 Å². The van der Waals surface area contributed by atoms with Crippen LogP contribution in [0, 0.1) is 19.8 Å². The van der Waals surface area contributed by atoms with Crippen LogP contribution in [0.2, 0.25) is 0 Å². The van der Waals surface area contributed by atoms with Crippen molar-refractivity contribution < 1.29 is 9.59 Å². The summed E-state index contributed by atoms with van der Waals surface area (Å²) in [4.78, 5) is 26.2. The Balaban J connectivity index is 1.64. The van der Waals surface area contributed by atoms with Crippen LogP contribution >= 0.6 is 11.3 Å². The van der Waals surface area contributed by atoms with Gasteiger partial charge in [0.15, 0.2) is 5.78 Å². The molecule has 0 aliphatic carbocycles. The Morgan fingerprint density at radius 3 is 2.82 bits per heavy atom. The van der Waals surface area contributed by atoms with Crippen molar-refractivity contribution in [2.45, 2.75) is 46.0 Å². The monoisotopic (exact) mass is 322 g/mol. The van der Waals surface area contributed by atoms with Crippen LogP contribution in [0.5, 0.6) is 0 Å². The molecule has 0 bridgehead atoms. The van der Waals surface area contributed by atoms with Crippen LogP contribution in [0.15, 0.2) is 6.07 Å². The van der Waals surface area contributed by atoms with Gasteiger partial charge in [0.1, 0.15) is 0 Å². The molecular formula is C17H26N2O2S. The van der Waals surface area contributed by atoms with Gasteiger partial charge in [-0.3, -0.25) is 9.59 Å². The number of Topliss-reactive ketones (excluding diaryl/α,β-unsaturated/α-hetero) is 1. The number of carbonyl (C=O) groups is 2. The topological polar surface area (TPSA) is 58.2 Å². The number of piperidine rings is 1. The third-order valence-electron chi connectivity index (χ3n) is 4.19. The number of amides is 1. The van der Waals surface area contributed by atoms with E-state index in [1.54, 1.807) is 11.3 Å². The predicted octanol–water partition coefficient (Wildman–Crippen LogP) is 2.83. The standard InChI is InChI=1S/C17H26N2O2S/c1-12-10-15(13(2)22-12)16(20)5-6-17(21)19-9-7-14-4-3-8-18-11-14/h10,14,18H,3-9,11H2,1-2H3,(H,19,21). The highest BCUT2D eigenvalue weighted by atomic mass is 32.1. The van der Waals surface area contributed by atoms with Crippen molar-refractivity contribution in [2.75, 3.05) is 19.6 Å². The lowest BCUT2D eigenvalue weighted by Gasteiger charge is -2.22. The highest BCUT2D eigenvalue weighted by Gasteiger charge is 2.15. The van der Waals surface area contributed by atoms with Gasteiger partial charge in [-0.1, -0.05) is 0 Å². The molecule has 1 saturated heterocycles. The maximum Gasteiger partial charge on any atom is 0.220 e. The van der Waals surface area contributed by atoms with Gasteiger partial charge in [-0.15, -0.1) is 11.3 Å². The van der Waals surface area contributed by atoms with Crippen molar-refractivity contribution >= 4 is 23.0 Å². The Morgan fingerprint density at radius 2 is 2.18 bits per heavy atom. The van der Waals surface area contributed by atoms with Crippen molar-refractivity contribution in [3.05, 3.63) is 21.4 Å². The van der Waals surface area contributed by atoms with Crippen LogP contribution in [-0.4, -0.2) is 31.3 Å². The van der Waals surface area contributed by atoms with Crippen LogP contribution in [-0.2, 0) is 4.79 Å². The van der Waals surface area contributed by atoms with Crippen molar-refractivity contribution in [1.82, 2.24) is 10.6 Å². The molecule has 5 heteroatoms. The smallest absolute Gasteiger partial charge is 0.220 e. The van der Waals surface area contributed by atoms with Gasteiger partial charge in [0, 0.05) is 34.7 Å². The van der Waals surface area contributed by atoms with E-state index in [0.29, 0.717) is 12.3 Å². The molecule has 1 aliphatic rings. The molecule has 1 atom stereocenters. The molecule has 122 valence electrons. The van der Waals surface area contributed by atoms with Gasteiger partial charge in [0.25, 0.3) is 0 Å². The molecule has 0 spiro atoms. The summed E-state index contributed by atoms with van der Waals surface area (Å²) in [5.41, 5.74) is 0.781. The molecule has 2 heterocycles. The van der Waals surface area contributed by atoms with E-state index < -0.39 is 0 Å². The first kappa shape index (κ1) is 17.2. The first-order valence-corrected chi connectivity index (χ1v) is 8.95. The van der Waals surface area contributed by atoms with Crippen LogP contribution < -0.4 is 10.6 Å².